The van der Waals surface area contributed by atoms with Gasteiger partial charge in [-0.05, 0) is 30.3 Å². The summed E-state index contributed by atoms with van der Waals surface area (Å²) in [4.78, 5) is 16.2. The summed E-state index contributed by atoms with van der Waals surface area (Å²) in [6, 6.07) is 12.1. The van der Waals surface area contributed by atoms with E-state index in [1.54, 1.807) is 36.4 Å². The first-order chi connectivity index (χ1) is 11.6. The molecule has 1 aromatic heterocycles. The number of carbonyl (C=O) groups is 1. The van der Waals surface area contributed by atoms with Crippen molar-refractivity contribution >= 4 is 28.5 Å². The number of aromatic nitrogens is 1. The van der Waals surface area contributed by atoms with Gasteiger partial charge in [0.2, 0.25) is 0 Å². The molecule has 2 aromatic carbocycles. The SMILES string of the molecule is O=C(O)c1cc(-c2ccc3c(c2)OCCO3)nc2c(Cl)cccc12. The van der Waals surface area contributed by atoms with Crippen LogP contribution in [0, 0.1) is 0 Å². The number of hydrogen-bond donors (Lipinski definition) is 1. The quantitative estimate of drug-likeness (QED) is 0.762. The van der Waals surface area contributed by atoms with E-state index in [2.05, 4.69) is 4.98 Å². The second-order valence-electron chi connectivity index (χ2n) is 5.35. The molecular formula is C18H12ClNO4. The smallest absolute Gasteiger partial charge is 0.336 e. The van der Waals surface area contributed by atoms with Crippen LogP contribution < -0.4 is 9.47 Å². The second-order valence-corrected chi connectivity index (χ2v) is 5.76. The highest BCUT2D eigenvalue weighted by molar-refractivity contribution is 6.35. The van der Waals surface area contributed by atoms with E-state index < -0.39 is 5.97 Å². The molecule has 0 amide bonds. The number of para-hydroxylation sites is 1. The van der Waals surface area contributed by atoms with Crippen LogP contribution in [0.1, 0.15) is 10.4 Å². The Balaban J connectivity index is 1.94. The van der Waals surface area contributed by atoms with Crippen LogP contribution in [0.2, 0.25) is 5.02 Å². The summed E-state index contributed by atoms with van der Waals surface area (Å²) in [5, 5.41) is 10.4. The lowest BCUT2D eigenvalue weighted by atomic mass is 10.0. The number of carboxylic acids is 1. The molecule has 3 aromatic rings. The predicted molar refractivity (Wildman–Crippen MR) is 90.1 cm³/mol. The number of fused-ring (bicyclic) bond motifs is 2. The highest BCUT2D eigenvalue weighted by Crippen LogP contribution is 2.35. The molecule has 0 radical (unpaired) electrons. The molecule has 0 saturated carbocycles. The maximum Gasteiger partial charge on any atom is 0.336 e. The van der Waals surface area contributed by atoms with Crippen molar-refractivity contribution in [2.75, 3.05) is 13.2 Å². The Kier molecular flexibility index (Phi) is 3.50. The van der Waals surface area contributed by atoms with Crippen LogP contribution in [0.4, 0.5) is 0 Å². The predicted octanol–water partition coefficient (Wildman–Crippen LogP) is 4.02. The van der Waals surface area contributed by atoms with Gasteiger partial charge in [-0.15, -0.1) is 0 Å². The number of hydrogen-bond acceptors (Lipinski definition) is 4. The third kappa shape index (κ3) is 2.43. The van der Waals surface area contributed by atoms with Crippen molar-refractivity contribution < 1.29 is 19.4 Å². The molecule has 0 unspecified atom stereocenters. The molecule has 2 heterocycles. The van der Waals surface area contributed by atoms with Crippen LogP contribution in [0.5, 0.6) is 11.5 Å². The van der Waals surface area contributed by atoms with Crippen molar-refractivity contribution in [3.05, 3.63) is 53.1 Å². The van der Waals surface area contributed by atoms with E-state index in [0.717, 1.165) is 5.56 Å². The molecule has 4 rings (SSSR count). The largest absolute Gasteiger partial charge is 0.486 e. The lowest BCUT2D eigenvalue weighted by Crippen LogP contribution is -2.15. The van der Waals surface area contributed by atoms with E-state index in [9.17, 15) is 9.90 Å². The Bertz CT molecular complexity index is 971. The Labute approximate surface area is 142 Å². The lowest BCUT2D eigenvalue weighted by molar-refractivity contribution is 0.0699. The van der Waals surface area contributed by atoms with Crippen molar-refractivity contribution in [2.45, 2.75) is 0 Å². The van der Waals surface area contributed by atoms with Gasteiger partial charge >= 0.3 is 5.97 Å². The fourth-order valence-electron chi connectivity index (χ4n) is 2.74. The summed E-state index contributed by atoms with van der Waals surface area (Å²) in [6.07, 6.45) is 0. The first kappa shape index (κ1) is 14.8. The highest BCUT2D eigenvalue weighted by atomic mass is 35.5. The molecule has 0 fully saturated rings. The first-order valence-electron chi connectivity index (χ1n) is 7.36. The van der Waals surface area contributed by atoms with Gasteiger partial charge in [0.05, 0.1) is 21.8 Å². The maximum absolute atomic E-state index is 11.6. The first-order valence-corrected chi connectivity index (χ1v) is 7.74. The van der Waals surface area contributed by atoms with Crippen LogP contribution in [-0.2, 0) is 0 Å². The van der Waals surface area contributed by atoms with Gasteiger partial charge in [-0.3, -0.25) is 0 Å². The average molecular weight is 342 g/mol. The van der Waals surface area contributed by atoms with Crippen LogP contribution >= 0.6 is 11.6 Å². The molecule has 0 aliphatic carbocycles. The minimum Gasteiger partial charge on any atom is -0.486 e. The van der Waals surface area contributed by atoms with E-state index in [1.807, 2.05) is 6.07 Å². The molecule has 24 heavy (non-hydrogen) atoms. The number of rotatable bonds is 2. The standard InChI is InChI=1S/C18H12ClNO4/c19-13-3-1-2-11-12(18(21)22)9-14(20-17(11)13)10-4-5-15-16(8-10)24-7-6-23-15/h1-5,8-9H,6-7H2,(H,21,22). The van der Waals surface area contributed by atoms with Crippen molar-refractivity contribution in [1.82, 2.24) is 4.98 Å². The molecule has 1 N–H and O–H groups in total. The molecule has 6 heteroatoms. The Morgan fingerprint density at radius 2 is 1.88 bits per heavy atom. The average Bonchev–Trinajstić information content (AvgIpc) is 2.61. The van der Waals surface area contributed by atoms with E-state index in [4.69, 9.17) is 21.1 Å². The van der Waals surface area contributed by atoms with Crippen molar-refractivity contribution in [1.29, 1.82) is 0 Å². The van der Waals surface area contributed by atoms with Gasteiger partial charge in [0, 0.05) is 10.9 Å². The monoisotopic (exact) mass is 341 g/mol. The van der Waals surface area contributed by atoms with Crippen molar-refractivity contribution in [3.63, 3.8) is 0 Å². The number of benzene rings is 2. The van der Waals surface area contributed by atoms with Gasteiger partial charge in [0.1, 0.15) is 13.2 Å². The summed E-state index contributed by atoms with van der Waals surface area (Å²) >= 11 is 6.21. The number of halogens is 1. The zero-order chi connectivity index (χ0) is 16.7. The Morgan fingerprint density at radius 1 is 1.08 bits per heavy atom. The van der Waals surface area contributed by atoms with Crippen LogP contribution in [-0.4, -0.2) is 29.3 Å². The molecule has 0 spiro atoms. The fourth-order valence-corrected chi connectivity index (χ4v) is 2.96. The number of aromatic carboxylic acids is 1. The van der Waals surface area contributed by atoms with Gasteiger partial charge in [-0.1, -0.05) is 23.7 Å². The lowest BCUT2D eigenvalue weighted by Gasteiger charge is -2.19. The van der Waals surface area contributed by atoms with Gasteiger partial charge in [0.15, 0.2) is 11.5 Å². The second kappa shape index (κ2) is 5.69. The number of pyridine rings is 1. The fraction of sp³-hybridized carbons (Fsp3) is 0.111. The molecule has 0 saturated heterocycles. The van der Waals surface area contributed by atoms with Gasteiger partial charge in [0.25, 0.3) is 0 Å². The topological polar surface area (TPSA) is 68.7 Å². The normalized spacial score (nSPS) is 13.0. The third-order valence-corrected chi connectivity index (χ3v) is 4.16. The minimum absolute atomic E-state index is 0.160. The third-order valence-electron chi connectivity index (χ3n) is 3.86. The number of ether oxygens (including phenoxy) is 2. The van der Waals surface area contributed by atoms with E-state index in [-0.39, 0.29) is 5.56 Å². The van der Waals surface area contributed by atoms with E-state index in [1.165, 1.54) is 0 Å². The van der Waals surface area contributed by atoms with Crippen LogP contribution in [0.15, 0.2) is 42.5 Å². The van der Waals surface area contributed by atoms with Crippen molar-refractivity contribution in [2.24, 2.45) is 0 Å². The van der Waals surface area contributed by atoms with Gasteiger partial charge in [-0.25, -0.2) is 9.78 Å². The molecular weight excluding hydrogens is 330 g/mol. The molecule has 1 aliphatic rings. The maximum atomic E-state index is 11.6. The summed E-state index contributed by atoms with van der Waals surface area (Å²) < 4.78 is 11.1. The molecule has 0 bridgehead atoms. The van der Waals surface area contributed by atoms with Crippen LogP contribution in [0.25, 0.3) is 22.2 Å². The summed E-state index contributed by atoms with van der Waals surface area (Å²) in [5.41, 5.74) is 1.88. The van der Waals surface area contributed by atoms with Gasteiger partial charge in [-0.2, -0.15) is 0 Å². The Morgan fingerprint density at radius 3 is 2.67 bits per heavy atom. The summed E-state index contributed by atoms with van der Waals surface area (Å²) in [5.74, 6) is 0.266. The molecule has 120 valence electrons. The molecule has 1 aliphatic heterocycles. The van der Waals surface area contributed by atoms with E-state index >= 15 is 0 Å². The number of carboxylic acid groups (broad SMARTS) is 1. The van der Waals surface area contributed by atoms with E-state index in [0.29, 0.717) is 46.3 Å². The Hall–Kier alpha value is -2.79. The number of nitrogens with zero attached hydrogens (tertiary/aromatic N) is 1. The molecule has 5 nitrogen and oxygen atoms in total. The zero-order valence-electron chi connectivity index (χ0n) is 12.5. The highest BCUT2D eigenvalue weighted by Gasteiger charge is 2.17. The zero-order valence-corrected chi connectivity index (χ0v) is 13.2. The summed E-state index contributed by atoms with van der Waals surface area (Å²) in [6.45, 7) is 0.993. The summed E-state index contributed by atoms with van der Waals surface area (Å²) in [7, 11) is 0. The minimum atomic E-state index is -1.02. The molecule has 0 atom stereocenters. The van der Waals surface area contributed by atoms with Crippen LogP contribution in [0.3, 0.4) is 0 Å². The van der Waals surface area contributed by atoms with Gasteiger partial charge < -0.3 is 14.6 Å². The van der Waals surface area contributed by atoms with Crippen molar-refractivity contribution in [3.8, 4) is 22.8 Å².